The zero-order valence-corrected chi connectivity index (χ0v) is 29.0. The third-order valence-corrected chi connectivity index (χ3v) is 9.28. The molecule has 0 radical (unpaired) electrons. The van der Waals surface area contributed by atoms with Crippen molar-refractivity contribution in [2.24, 2.45) is 23.7 Å². The van der Waals surface area contributed by atoms with Gasteiger partial charge in [-0.1, -0.05) is 58.9 Å². The quantitative estimate of drug-likeness (QED) is 0.213. The maximum atomic E-state index is 13.2. The minimum atomic E-state index is -1.66. The first-order valence-electron chi connectivity index (χ1n) is 16.6. The summed E-state index contributed by atoms with van der Waals surface area (Å²) in [6.07, 6.45) is 5.49. The molecule has 0 saturated carbocycles. The fourth-order valence-corrected chi connectivity index (χ4v) is 6.64. The van der Waals surface area contributed by atoms with Crippen LogP contribution in [0.4, 0.5) is 4.79 Å². The van der Waals surface area contributed by atoms with Crippen molar-refractivity contribution < 1.29 is 24.5 Å². The van der Waals surface area contributed by atoms with Gasteiger partial charge in [0, 0.05) is 38.3 Å². The average Bonchev–Trinajstić information content (AvgIpc) is 2.94. The van der Waals surface area contributed by atoms with Gasteiger partial charge in [0.1, 0.15) is 17.8 Å². The van der Waals surface area contributed by atoms with Crippen molar-refractivity contribution in [3.63, 3.8) is 0 Å². The van der Waals surface area contributed by atoms with Crippen LogP contribution in [0.5, 0.6) is 0 Å². The molecule has 1 heterocycles. The summed E-state index contributed by atoms with van der Waals surface area (Å²) in [4.78, 5) is 30.0. The highest BCUT2D eigenvalue weighted by Gasteiger charge is 2.45. The number of allylic oxidation sites excluding steroid dienone is 2. The maximum Gasteiger partial charge on any atom is 0.317 e. The molecule has 9 heteroatoms. The van der Waals surface area contributed by atoms with Crippen LogP contribution in [-0.4, -0.2) is 88.1 Å². The van der Waals surface area contributed by atoms with Gasteiger partial charge in [0.25, 0.3) is 0 Å². The van der Waals surface area contributed by atoms with Crippen LogP contribution in [0.25, 0.3) is 0 Å². The molecule has 252 valence electrons. The van der Waals surface area contributed by atoms with Crippen LogP contribution in [0.15, 0.2) is 24.3 Å². The number of urea groups is 1. The Morgan fingerprint density at radius 3 is 2.41 bits per heavy atom. The molecule has 0 aromatic heterocycles. The van der Waals surface area contributed by atoms with E-state index in [0.29, 0.717) is 56.8 Å². The number of nitriles is 1. The summed E-state index contributed by atoms with van der Waals surface area (Å²) in [5.41, 5.74) is -0.677. The van der Waals surface area contributed by atoms with E-state index in [2.05, 4.69) is 43.6 Å². The lowest BCUT2D eigenvalue weighted by Gasteiger charge is -2.43. The van der Waals surface area contributed by atoms with Gasteiger partial charge >= 0.3 is 12.0 Å². The monoisotopic (exact) mass is 618 g/mol. The molecule has 2 amide bonds. The van der Waals surface area contributed by atoms with E-state index in [9.17, 15) is 25.1 Å². The number of hydrogen-bond acceptors (Lipinski definition) is 7. The zero-order chi connectivity index (χ0) is 33.6. The topological polar surface area (TPSA) is 126 Å². The molecule has 0 aromatic carbocycles. The van der Waals surface area contributed by atoms with Gasteiger partial charge in [-0.15, -0.1) is 0 Å². The number of nitrogens with zero attached hydrogens (tertiary/aromatic N) is 3. The second-order valence-corrected chi connectivity index (χ2v) is 13.7. The van der Waals surface area contributed by atoms with Crippen molar-refractivity contribution in [2.45, 2.75) is 131 Å². The van der Waals surface area contributed by atoms with Gasteiger partial charge in [0.2, 0.25) is 0 Å². The number of rotatable bonds is 10. The Morgan fingerprint density at radius 1 is 1.20 bits per heavy atom. The smallest absolute Gasteiger partial charge is 0.317 e. The largest absolute Gasteiger partial charge is 0.459 e. The van der Waals surface area contributed by atoms with Crippen LogP contribution >= 0.6 is 0 Å². The number of hydrogen-bond donors (Lipinski definition) is 3. The molecule has 0 aromatic rings. The summed E-state index contributed by atoms with van der Waals surface area (Å²) in [7, 11) is 0. The predicted molar refractivity (Wildman–Crippen MR) is 177 cm³/mol. The first-order chi connectivity index (χ1) is 20.6. The lowest BCUT2D eigenvalue weighted by Crippen LogP contribution is -2.59. The molecule has 9 nitrogen and oxygen atoms in total. The first kappa shape index (κ1) is 39.6. The Labute approximate surface area is 267 Å². The summed E-state index contributed by atoms with van der Waals surface area (Å²) >= 11 is 0. The number of aliphatic hydroxyl groups is 2. The molecule has 1 aliphatic rings. The van der Waals surface area contributed by atoms with E-state index in [-0.39, 0.29) is 30.4 Å². The average molecular weight is 619 g/mol. The molecule has 1 rings (SSSR count). The lowest BCUT2D eigenvalue weighted by atomic mass is 9.85. The third kappa shape index (κ3) is 12.5. The molecule has 9 atom stereocenters. The highest BCUT2D eigenvalue weighted by atomic mass is 16.6. The van der Waals surface area contributed by atoms with Gasteiger partial charge in [0.05, 0.1) is 18.4 Å². The summed E-state index contributed by atoms with van der Waals surface area (Å²) in [6, 6.07) is 1.30. The van der Waals surface area contributed by atoms with Crippen LogP contribution in [0.3, 0.4) is 0 Å². The summed E-state index contributed by atoms with van der Waals surface area (Å²) in [5, 5.41) is 35.4. The Kier molecular flexibility index (Phi) is 17.3. The minimum absolute atomic E-state index is 0.177. The van der Waals surface area contributed by atoms with E-state index < -0.39 is 23.9 Å². The normalized spacial score (nSPS) is 32.4. The Hall–Kier alpha value is -2.41. The van der Waals surface area contributed by atoms with E-state index in [1.807, 2.05) is 40.7 Å². The van der Waals surface area contributed by atoms with Gasteiger partial charge in [-0.25, -0.2) is 4.79 Å². The van der Waals surface area contributed by atoms with Gasteiger partial charge in [-0.3, -0.25) is 9.69 Å². The highest BCUT2D eigenvalue weighted by molar-refractivity contribution is 5.75. The third-order valence-electron chi connectivity index (χ3n) is 9.28. The van der Waals surface area contributed by atoms with Gasteiger partial charge in [-0.05, 0) is 77.6 Å². The van der Waals surface area contributed by atoms with Crippen LogP contribution in [0, 0.1) is 35.0 Å². The molecule has 0 bridgehead atoms. The van der Waals surface area contributed by atoms with Crippen molar-refractivity contribution in [3.05, 3.63) is 24.3 Å². The van der Waals surface area contributed by atoms with Crippen molar-refractivity contribution in [1.82, 2.24) is 15.1 Å². The van der Waals surface area contributed by atoms with E-state index in [0.717, 1.165) is 24.8 Å². The number of cyclic esters (lactones) is 1. The Balaban J connectivity index is 3.22. The number of aliphatic hydroxyl groups excluding tert-OH is 1. The van der Waals surface area contributed by atoms with Crippen LogP contribution < -0.4 is 5.32 Å². The second-order valence-electron chi connectivity index (χ2n) is 13.7. The van der Waals surface area contributed by atoms with Gasteiger partial charge < -0.3 is 25.2 Å². The van der Waals surface area contributed by atoms with Crippen LogP contribution in [-0.2, 0) is 9.53 Å². The van der Waals surface area contributed by atoms with E-state index in [1.165, 1.54) is 0 Å². The number of carbonyl (C=O) groups excluding carboxylic acids is 2. The summed E-state index contributed by atoms with van der Waals surface area (Å²) in [6.45, 7) is 23.5. The van der Waals surface area contributed by atoms with Crippen molar-refractivity contribution in [3.8, 4) is 6.07 Å². The Morgan fingerprint density at radius 2 is 1.82 bits per heavy atom. The molecular formula is C35H62N4O5. The number of ether oxygens (including phenoxy) is 1. The number of amides is 2. The lowest BCUT2D eigenvalue weighted by molar-refractivity contribution is -0.190. The first-order valence-corrected chi connectivity index (χ1v) is 16.6. The van der Waals surface area contributed by atoms with Gasteiger partial charge in [0.15, 0.2) is 0 Å². The molecule has 4 unspecified atom stereocenters. The van der Waals surface area contributed by atoms with Crippen LogP contribution in [0.1, 0.15) is 101 Å². The Bertz CT molecular complexity index is 977. The van der Waals surface area contributed by atoms with E-state index in [1.54, 1.807) is 17.9 Å². The highest BCUT2D eigenvalue weighted by Crippen LogP contribution is 2.30. The fourth-order valence-electron chi connectivity index (χ4n) is 6.64. The zero-order valence-electron chi connectivity index (χ0n) is 29.0. The molecule has 0 aliphatic carbocycles. The second kappa shape index (κ2) is 19.2. The molecule has 3 N–H and O–H groups in total. The molecule has 44 heavy (non-hydrogen) atoms. The van der Waals surface area contributed by atoms with Crippen molar-refractivity contribution in [2.75, 3.05) is 26.2 Å². The van der Waals surface area contributed by atoms with Crippen molar-refractivity contribution >= 4 is 12.0 Å². The molecule has 0 spiro atoms. The van der Waals surface area contributed by atoms with Crippen molar-refractivity contribution in [1.29, 1.82) is 5.26 Å². The predicted octanol–water partition coefficient (Wildman–Crippen LogP) is 5.68. The van der Waals surface area contributed by atoms with Crippen LogP contribution in [0.2, 0.25) is 0 Å². The summed E-state index contributed by atoms with van der Waals surface area (Å²) < 4.78 is 5.84. The number of carbonyl (C=O) groups is 2. The summed E-state index contributed by atoms with van der Waals surface area (Å²) in [5.74, 6) is 0.527. The molecule has 1 aliphatic heterocycles. The maximum absolute atomic E-state index is 13.2. The number of esters is 1. The van der Waals surface area contributed by atoms with E-state index >= 15 is 0 Å². The molecule has 1 saturated heterocycles. The van der Waals surface area contributed by atoms with Gasteiger partial charge in [-0.2, -0.15) is 5.26 Å². The standard InChI is InChI=1S/C35H62N4O5/c1-11-15-27(6)29(8)37-34(42)38(17-13-16-36)18-14-19-39-23-26(5)21-24(3)20-25(4)22-28(7)33(41)44-31(12-2)35(10,43)32(40)30(39)9/h11,15,24-26,28-32,40,43H,1,12-14,17-23H2,2-10H3,(H,37,42)/b27-15-/t24-,25-,26-,28?,29?,30?,31-,32?,35-/m1/s1. The molecule has 1 fully saturated rings. The fraction of sp³-hybridized carbons (Fsp3) is 0.800. The minimum Gasteiger partial charge on any atom is -0.459 e. The molecular weight excluding hydrogens is 556 g/mol. The van der Waals surface area contributed by atoms with E-state index in [4.69, 9.17) is 4.74 Å². The number of nitrogens with one attached hydrogen (secondary N) is 1. The SMILES string of the molecule is C=C/C=C(/C)C(C)NC(=O)N(CCC#N)CCCN1C[C@H](C)C[C@H](C)C[C@@H](C)CC(C)C(=O)O[C@H](CC)[C@@](C)(O)C(O)C1C.